The first-order valence-corrected chi connectivity index (χ1v) is 8.88. The van der Waals surface area contributed by atoms with Gasteiger partial charge in [-0.15, -0.1) is 0 Å². The van der Waals surface area contributed by atoms with Crippen molar-refractivity contribution in [3.8, 4) is 0 Å². The van der Waals surface area contributed by atoms with Crippen molar-refractivity contribution in [1.82, 2.24) is 24.4 Å². The molecular weight excluding hydrogens is 331 g/mol. The van der Waals surface area contributed by atoms with Gasteiger partial charge in [-0.3, -0.25) is 4.90 Å². The number of rotatable bonds is 4. The van der Waals surface area contributed by atoms with E-state index in [0.717, 1.165) is 38.1 Å². The summed E-state index contributed by atoms with van der Waals surface area (Å²) in [6.07, 6.45) is 5.05. The summed E-state index contributed by atoms with van der Waals surface area (Å²) in [5, 5.41) is 0. The predicted octanol–water partition coefficient (Wildman–Crippen LogP) is 3.38. The zero-order chi connectivity index (χ0) is 17.4. The number of fused-ring (bicyclic) bond motifs is 1. The van der Waals surface area contributed by atoms with E-state index in [1.807, 2.05) is 0 Å². The van der Waals surface area contributed by atoms with Crippen LogP contribution in [0.25, 0.3) is 0 Å². The molecule has 1 fully saturated rings. The van der Waals surface area contributed by atoms with E-state index in [0.29, 0.717) is 12.4 Å². The van der Waals surface area contributed by atoms with Crippen LogP contribution >= 0.6 is 0 Å². The molecule has 0 bridgehead atoms. The van der Waals surface area contributed by atoms with Crippen molar-refractivity contribution in [2.24, 2.45) is 0 Å². The molecule has 2 aliphatic rings. The van der Waals surface area contributed by atoms with E-state index in [1.165, 1.54) is 41.2 Å². The molecule has 4 rings (SSSR count). The number of alkyl halides is 3. The van der Waals surface area contributed by atoms with Crippen LogP contribution in [0.3, 0.4) is 0 Å². The third-order valence-corrected chi connectivity index (χ3v) is 5.15. The van der Waals surface area contributed by atoms with Crippen LogP contribution in [0.5, 0.6) is 0 Å². The van der Waals surface area contributed by atoms with Crippen LogP contribution in [0.4, 0.5) is 13.2 Å². The summed E-state index contributed by atoms with van der Waals surface area (Å²) in [4.78, 5) is 14.6. The Morgan fingerprint density at radius 3 is 2.84 bits per heavy atom. The molecule has 25 heavy (non-hydrogen) atoms. The molecule has 5 nitrogen and oxygen atoms in total. The summed E-state index contributed by atoms with van der Waals surface area (Å²) < 4.78 is 39.3. The first kappa shape index (κ1) is 16.6. The highest BCUT2D eigenvalue weighted by Gasteiger charge is 2.32. The maximum absolute atomic E-state index is 12.7. The molecular formula is C17H22F3N5. The van der Waals surface area contributed by atoms with E-state index < -0.39 is 12.7 Å². The van der Waals surface area contributed by atoms with E-state index in [1.54, 1.807) is 0 Å². The monoisotopic (exact) mass is 353 g/mol. The minimum Gasteiger partial charge on any atom is -0.344 e. The Balaban J connectivity index is 1.51. The summed E-state index contributed by atoms with van der Waals surface area (Å²) in [6, 6.07) is 0.140. The number of nitrogens with one attached hydrogen (secondary N) is 1. The van der Waals surface area contributed by atoms with Crippen LogP contribution in [0.1, 0.15) is 54.8 Å². The Labute approximate surface area is 144 Å². The third kappa shape index (κ3) is 3.58. The van der Waals surface area contributed by atoms with Crippen LogP contribution < -0.4 is 0 Å². The first-order valence-electron chi connectivity index (χ1n) is 8.88. The lowest BCUT2D eigenvalue weighted by molar-refractivity contribution is -0.141. The highest BCUT2D eigenvalue weighted by molar-refractivity contribution is 5.19. The maximum atomic E-state index is 12.7. The zero-order valence-electron chi connectivity index (χ0n) is 14.0. The van der Waals surface area contributed by atoms with Crippen LogP contribution in [0.2, 0.25) is 0 Å². The largest absolute Gasteiger partial charge is 0.406 e. The number of hydrogen-bond acceptors (Lipinski definition) is 3. The van der Waals surface area contributed by atoms with Gasteiger partial charge in [0.25, 0.3) is 0 Å². The maximum Gasteiger partial charge on any atom is 0.406 e. The molecule has 0 spiro atoms. The van der Waals surface area contributed by atoms with Gasteiger partial charge >= 0.3 is 6.18 Å². The lowest BCUT2D eigenvalue weighted by Crippen LogP contribution is -2.27. The molecule has 0 radical (unpaired) electrons. The van der Waals surface area contributed by atoms with Gasteiger partial charge in [-0.2, -0.15) is 13.2 Å². The molecule has 1 aliphatic heterocycles. The number of aryl methyl sites for hydroxylation is 2. The van der Waals surface area contributed by atoms with Gasteiger partial charge in [0, 0.05) is 18.1 Å². The van der Waals surface area contributed by atoms with Crippen LogP contribution in [-0.4, -0.2) is 37.1 Å². The van der Waals surface area contributed by atoms with Gasteiger partial charge in [-0.1, -0.05) is 0 Å². The van der Waals surface area contributed by atoms with Gasteiger partial charge in [0.2, 0.25) is 0 Å². The molecule has 0 saturated carbocycles. The number of aromatic nitrogens is 4. The van der Waals surface area contributed by atoms with Gasteiger partial charge in [0.15, 0.2) is 0 Å². The van der Waals surface area contributed by atoms with Crippen molar-refractivity contribution in [2.75, 3.05) is 6.54 Å². The van der Waals surface area contributed by atoms with Crippen molar-refractivity contribution in [2.45, 2.75) is 63.8 Å². The van der Waals surface area contributed by atoms with Crippen LogP contribution in [0, 0.1) is 0 Å². The summed E-state index contributed by atoms with van der Waals surface area (Å²) in [5.41, 5.74) is 2.42. The SMILES string of the molecule is FC(F)(F)Cn1ccnc1CN1CCCC1c1nc2c([nH]1)CCCC2. The number of aromatic amines is 1. The fourth-order valence-electron chi connectivity index (χ4n) is 3.97. The summed E-state index contributed by atoms with van der Waals surface area (Å²) in [5.74, 6) is 1.43. The fourth-order valence-corrected chi connectivity index (χ4v) is 3.97. The second-order valence-electron chi connectivity index (χ2n) is 6.97. The van der Waals surface area contributed by atoms with Gasteiger partial charge in [-0.25, -0.2) is 9.97 Å². The average molecular weight is 353 g/mol. The highest BCUT2D eigenvalue weighted by atomic mass is 19.4. The Hall–Kier alpha value is -1.83. The predicted molar refractivity (Wildman–Crippen MR) is 85.9 cm³/mol. The quantitative estimate of drug-likeness (QED) is 0.917. The summed E-state index contributed by atoms with van der Waals surface area (Å²) in [6.45, 7) is 0.282. The molecule has 1 atom stereocenters. The van der Waals surface area contributed by atoms with E-state index >= 15 is 0 Å². The molecule has 136 valence electrons. The highest BCUT2D eigenvalue weighted by Crippen LogP contribution is 2.33. The molecule has 2 aromatic rings. The Bertz CT molecular complexity index is 709. The standard InChI is InChI=1S/C17H22F3N5/c18-17(19,20)11-25-9-7-21-15(25)10-24-8-3-6-14(24)16-22-12-4-1-2-5-13(12)23-16/h7,9,14H,1-6,8,10-11H2,(H,22,23). The number of halogens is 3. The zero-order valence-corrected chi connectivity index (χ0v) is 14.0. The van der Waals surface area contributed by atoms with Gasteiger partial charge in [0.1, 0.15) is 18.2 Å². The van der Waals surface area contributed by atoms with Crippen molar-refractivity contribution >= 4 is 0 Å². The Morgan fingerprint density at radius 1 is 1.20 bits per heavy atom. The van der Waals surface area contributed by atoms with E-state index in [-0.39, 0.29) is 6.04 Å². The average Bonchev–Trinajstić information content (AvgIpc) is 3.26. The van der Waals surface area contributed by atoms with Gasteiger partial charge in [-0.05, 0) is 45.1 Å². The Morgan fingerprint density at radius 2 is 2.04 bits per heavy atom. The van der Waals surface area contributed by atoms with Crippen molar-refractivity contribution in [1.29, 1.82) is 0 Å². The minimum absolute atomic E-state index is 0.140. The molecule has 1 saturated heterocycles. The summed E-state index contributed by atoms with van der Waals surface area (Å²) >= 11 is 0. The second-order valence-corrected chi connectivity index (χ2v) is 6.97. The molecule has 1 N–H and O–H groups in total. The van der Waals surface area contributed by atoms with Gasteiger partial charge in [0.05, 0.1) is 18.3 Å². The molecule has 2 aromatic heterocycles. The Kier molecular flexibility index (Phi) is 4.31. The molecule has 3 heterocycles. The fraction of sp³-hybridized carbons (Fsp3) is 0.647. The van der Waals surface area contributed by atoms with Crippen molar-refractivity contribution in [3.05, 3.63) is 35.4 Å². The number of H-pyrrole nitrogens is 1. The first-order chi connectivity index (χ1) is 12.0. The molecule has 8 heteroatoms. The van der Waals surface area contributed by atoms with Crippen molar-refractivity contribution < 1.29 is 13.2 Å². The summed E-state index contributed by atoms with van der Waals surface area (Å²) in [7, 11) is 0. The third-order valence-electron chi connectivity index (χ3n) is 5.15. The number of likely N-dealkylation sites (tertiary alicyclic amines) is 1. The lowest BCUT2D eigenvalue weighted by Gasteiger charge is -2.23. The molecule has 0 amide bonds. The van der Waals surface area contributed by atoms with Crippen LogP contribution in [-0.2, 0) is 25.9 Å². The van der Waals surface area contributed by atoms with E-state index in [9.17, 15) is 13.2 Å². The number of hydrogen-bond donors (Lipinski definition) is 1. The van der Waals surface area contributed by atoms with Crippen molar-refractivity contribution in [3.63, 3.8) is 0 Å². The molecule has 0 aromatic carbocycles. The lowest BCUT2D eigenvalue weighted by atomic mass is 10.0. The van der Waals surface area contributed by atoms with E-state index in [4.69, 9.17) is 4.98 Å². The smallest absolute Gasteiger partial charge is 0.344 e. The van der Waals surface area contributed by atoms with Crippen LogP contribution in [0.15, 0.2) is 12.4 Å². The van der Waals surface area contributed by atoms with Gasteiger partial charge < -0.3 is 9.55 Å². The topological polar surface area (TPSA) is 49.7 Å². The minimum atomic E-state index is -4.24. The molecule has 1 unspecified atom stereocenters. The number of imidazole rings is 2. The normalized spacial score (nSPS) is 21.6. The van der Waals surface area contributed by atoms with E-state index in [2.05, 4.69) is 14.9 Å². The number of nitrogens with zero attached hydrogens (tertiary/aromatic N) is 4. The molecule has 1 aliphatic carbocycles. The second kappa shape index (κ2) is 6.48.